The molecule has 0 aliphatic heterocycles. The molecule has 2 aromatic heterocycles. The van der Waals surface area contributed by atoms with Gasteiger partial charge in [-0.1, -0.05) is 6.07 Å². The van der Waals surface area contributed by atoms with Crippen molar-refractivity contribution >= 4 is 16.9 Å². The highest BCUT2D eigenvalue weighted by atomic mass is 16.4. The Kier molecular flexibility index (Phi) is 2.45. The van der Waals surface area contributed by atoms with E-state index in [0.29, 0.717) is 5.56 Å². The number of hydrogen-bond acceptors (Lipinski definition) is 2. The van der Waals surface area contributed by atoms with Crippen molar-refractivity contribution in [1.29, 1.82) is 0 Å². The summed E-state index contributed by atoms with van der Waals surface area (Å²) in [5.41, 5.74) is 5.49. The average Bonchev–Trinajstić information content (AvgIpc) is 3.06. The van der Waals surface area contributed by atoms with Gasteiger partial charge in [-0.3, -0.25) is 4.68 Å². The molecule has 0 amide bonds. The number of benzene rings is 1. The van der Waals surface area contributed by atoms with Crippen LogP contribution in [0.25, 0.3) is 22.3 Å². The van der Waals surface area contributed by atoms with Crippen LogP contribution < -0.4 is 0 Å². The molecule has 4 rings (SSSR count). The highest BCUT2D eigenvalue weighted by Gasteiger charge is 2.25. The van der Waals surface area contributed by atoms with Gasteiger partial charge in [-0.2, -0.15) is 5.10 Å². The van der Waals surface area contributed by atoms with Crippen molar-refractivity contribution in [3.63, 3.8) is 0 Å². The number of hydrogen-bond donors (Lipinski definition) is 2. The number of rotatable bonds is 2. The minimum atomic E-state index is -0.882. The van der Waals surface area contributed by atoms with Crippen LogP contribution in [0.5, 0.6) is 0 Å². The summed E-state index contributed by atoms with van der Waals surface area (Å²) >= 11 is 0. The first kappa shape index (κ1) is 12.2. The van der Waals surface area contributed by atoms with Crippen LogP contribution in [0.3, 0.4) is 0 Å². The molecular weight excluding hydrogens is 266 g/mol. The van der Waals surface area contributed by atoms with Crippen molar-refractivity contribution in [3.8, 4) is 11.4 Å². The normalized spacial score (nSPS) is 13.2. The summed E-state index contributed by atoms with van der Waals surface area (Å²) in [5.74, 6) is -0.882. The number of carboxylic acids is 1. The van der Waals surface area contributed by atoms with Crippen LogP contribution in [0, 0.1) is 0 Å². The molecule has 0 spiro atoms. The van der Waals surface area contributed by atoms with Gasteiger partial charge in [0.25, 0.3) is 0 Å². The first-order valence-corrected chi connectivity index (χ1v) is 7.12. The maximum absolute atomic E-state index is 11.5. The molecule has 2 N–H and O–H groups in total. The van der Waals surface area contributed by atoms with Crippen LogP contribution in [0.1, 0.15) is 28.4 Å². The maximum Gasteiger partial charge on any atom is 0.336 e. The number of aromatic carboxylic acids is 1. The highest BCUT2D eigenvalue weighted by molar-refractivity contribution is 6.06. The van der Waals surface area contributed by atoms with Gasteiger partial charge in [-0.15, -0.1) is 0 Å². The fraction of sp³-hybridized carbons (Fsp3) is 0.250. The number of fused-ring (bicyclic) bond motifs is 5. The topological polar surface area (TPSA) is 70.9 Å². The molecule has 0 saturated heterocycles. The van der Waals surface area contributed by atoms with Crippen LogP contribution in [0.2, 0.25) is 0 Å². The number of carbonyl (C=O) groups is 1. The Bertz CT molecular complexity index is 873. The fourth-order valence-corrected chi connectivity index (χ4v) is 3.22. The minimum absolute atomic E-state index is 0.364. The molecule has 0 bridgehead atoms. The monoisotopic (exact) mass is 281 g/mol. The third kappa shape index (κ3) is 1.63. The SMILES string of the molecule is CCn1cc2c(n1)-c1[nH]c3cccc(C(=O)O)c3c1CC2. The molecule has 5 heteroatoms. The van der Waals surface area contributed by atoms with Crippen LogP contribution in [0.4, 0.5) is 0 Å². The molecule has 3 aromatic rings. The van der Waals surface area contributed by atoms with E-state index < -0.39 is 5.97 Å². The molecule has 1 aliphatic carbocycles. The summed E-state index contributed by atoms with van der Waals surface area (Å²) in [4.78, 5) is 14.8. The molecule has 0 unspecified atom stereocenters. The molecular formula is C16H15N3O2. The van der Waals surface area contributed by atoms with E-state index in [1.54, 1.807) is 12.1 Å². The van der Waals surface area contributed by atoms with Gasteiger partial charge in [0.05, 0.1) is 11.3 Å². The van der Waals surface area contributed by atoms with Crippen LogP contribution in [-0.4, -0.2) is 25.8 Å². The molecule has 1 aliphatic rings. The highest BCUT2D eigenvalue weighted by Crippen LogP contribution is 2.37. The number of aromatic nitrogens is 3. The van der Waals surface area contributed by atoms with Gasteiger partial charge in [0.2, 0.25) is 0 Å². The van der Waals surface area contributed by atoms with Gasteiger partial charge >= 0.3 is 5.97 Å². The summed E-state index contributed by atoms with van der Waals surface area (Å²) in [5, 5.41) is 14.9. The maximum atomic E-state index is 11.5. The third-order valence-electron chi connectivity index (χ3n) is 4.20. The number of nitrogens with one attached hydrogen (secondary N) is 1. The molecule has 0 radical (unpaired) electrons. The van der Waals surface area contributed by atoms with Gasteiger partial charge in [0.1, 0.15) is 5.69 Å². The van der Waals surface area contributed by atoms with Gasteiger partial charge in [0.15, 0.2) is 0 Å². The largest absolute Gasteiger partial charge is 0.478 e. The van der Waals surface area contributed by atoms with Gasteiger partial charge in [-0.25, -0.2) is 4.79 Å². The van der Waals surface area contributed by atoms with E-state index in [4.69, 9.17) is 0 Å². The zero-order valence-corrected chi connectivity index (χ0v) is 11.7. The summed E-state index contributed by atoms with van der Waals surface area (Å²) in [7, 11) is 0. The molecule has 106 valence electrons. The standard InChI is InChI=1S/C16H15N3O2/c1-2-19-8-9-6-7-10-13-11(16(20)21)4-3-5-12(13)17-15(10)14(9)18-19/h3-5,8,17H,2,6-7H2,1H3,(H,20,21). The summed E-state index contributed by atoms with van der Waals surface area (Å²) in [6.45, 7) is 2.90. The van der Waals surface area contributed by atoms with Crippen molar-refractivity contribution in [2.45, 2.75) is 26.3 Å². The van der Waals surface area contributed by atoms with E-state index in [9.17, 15) is 9.90 Å². The third-order valence-corrected chi connectivity index (χ3v) is 4.20. The van der Waals surface area contributed by atoms with Crippen molar-refractivity contribution in [2.75, 3.05) is 0 Å². The van der Waals surface area contributed by atoms with E-state index in [1.807, 2.05) is 10.7 Å². The second kappa shape index (κ2) is 4.22. The number of aryl methyl sites for hydroxylation is 3. The molecule has 0 atom stereocenters. The van der Waals surface area contributed by atoms with Crippen molar-refractivity contribution < 1.29 is 9.90 Å². The Hall–Kier alpha value is -2.56. The molecule has 5 nitrogen and oxygen atoms in total. The average molecular weight is 281 g/mol. The summed E-state index contributed by atoms with van der Waals surface area (Å²) < 4.78 is 1.93. The van der Waals surface area contributed by atoms with E-state index in [0.717, 1.165) is 47.2 Å². The van der Waals surface area contributed by atoms with Crippen LogP contribution in [-0.2, 0) is 19.4 Å². The van der Waals surface area contributed by atoms with Gasteiger partial charge in [0, 0.05) is 23.6 Å². The van der Waals surface area contributed by atoms with Crippen LogP contribution >= 0.6 is 0 Å². The number of H-pyrrole nitrogens is 1. The fourth-order valence-electron chi connectivity index (χ4n) is 3.22. The second-order valence-electron chi connectivity index (χ2n) is 5.37. The van der Waals surface area contributed by atoms with Crippen molar-refractivity contribution in [2.24, 2.45) is 0 Å². The van der Waals surface area contributed by atoms with E-state index in [-0.39, 0.29) is 0 Å². The number of nitrogens with zero attached hydrogens (tertiary/aromatic N) is 2. The first-order valence-electron chi connectivity index (χ1n) is 7.12. The second-order valence-corrected chi connectivity index (χ2v) is 5.37. The summed E-state index contributed by atoms with van der Waals surface area (Å²) in [6, 6.07) is 5.37. The Balaban J connectivity index is 2.04. The Morgan fingerprint density at radius 2 is 2.29 bits per heavy atom. The van der Waals surface area contributed by atoms with E-state index in [2.05, 4.69) is 23.2 Å². The van der Waals surface area contributed by atoms with Crippen molar-refractivity contribution in [1.82, 2.24) is 14.8 Å². The van der Waals surface area contributed by atoms with E-state index in [1.165, 1.54) is 5.56 Å². The quantitative estimate of drug-likeness (QED) is 0.758. The zero-order valence-electron chi connectivity index (χ0n) is 11.7. The molecule has 1 aromatic carbocycles. The van der Waals surface area contributed by atoms with Crippen LogP contribution in [0.15, 0.2) is 24.4 Å². The lowest BCUT2D eigenvalue weighted by Crippen LogP contribution is -2.03. The molecule has 0 fully saturated rings. The van der Waals surface area contributed by atoms with Gasteiger partial charge in [-0.05, 0) is 43.0 Å². The summed E-state index contributed by atoms with van der Waals surface area (Å²) in [6.07, 6.45) is 3.84. The molecule has 21 heavy (non-hydrogen) atoms. The minimum Gasteiger partial charge on any atom is -0.478 e. The van der Waals surface area contributed by atoms with Crippen molar-refractivity contribution in [3.05, 3.63) is 41.1 Å². The Morgan fingerprint density at radius 1 is 1.43 bits per heavy atom. The zero-order chi connectivity index (χ0) is 14.6. The number of aromatic amines is 1. The lowest BCUT2D eigenvalue weighted by molar-refractivity contribution is 0.0699. The predicted octanol–water partition coefficient (Wildman–Crippen LogP) is 2.85. The molecule has 0 saturated carbocycles. The smallest absolute Gasteiger partial charge is 0.336 e. The predicted molar refractivity (Wildman–Crippen MR) is 79.6 cm³/mol. The Morgan fingerprint density at radius 3 is 3.05 bits per heavy atom. The van der Waals surface area contributed by atoms with Gasteiger partial charge < -0.3 is 10.1 Å². The lowest BCUT2D eigenvalue weighted by Gasteiger charge is -2.11. The number of carboxylic acid groups (broad SMARTS) is 1. The first-order chi connectivity index (χ1) is 10.2. The molecule has 2 heterocycles. The lowest BCUT2D eigenvalue weighted by atomic mass is 9.92. The van der Waals surface area contributed by atoms with E-state index >= 15 is 0 Å². The Labute approximate surface area is 121 Å².